The second kappa shape index (κ2) is 6.45. The molecule has 0 aliphatic heterocycles. The zero-order valence-electron chi connectivity index (χ0n) is 12.9. The molecule has 1 N–H and O–H groups in total. The molecule has 0 saturated heterocycles. The Morgan fingerprint density at radius 1 is 1.38 bits per heavy atom. The van der Waals surface area contributed by atoms with Gasteiger partial charge in [0, 0.05) is 18.3 Å². The van der Waals surface area contributed by atoms with Gasteiger partial charge in [-0.25, -0.2) is 0 Å². The topological polar surface area (TPSA) is 102 Å². The maximum Gasteiger partial charge on any atom is 0.269 e. The molecule has 24 heavy (non-hydrogen) atoms. The summed E-state index contributed by atoms with van der Waals surface area (Å²) in [4.78, 5) is 22.9. The molecule has 1 amide bonds. The number of hydrogen-bond acceptors (Lipinski definition) is 5. The van der Waals surface area contributed by atoms with Gasteiger partial charge in [-0.05, 0) is 24.1 Å². The van der Waals surface area contributed by atoms with E-state index in [9.17, 15) is 14.9 Å². The molecule has 122 valence electrons. The van der Waals surface area contributed by atoms with E-state index < -0.39 is 4.92 Å². The van der Waals surface area contributed by atoms with Gasteiger partial charge in [0.25, 0.3) is 11.6 Å². The van der Waals surface area contributed by atoms with Crippen LogP contribution in [0.25, 0.3) is 5.65 Å². The second-order valence-corrected chi connectivity index (χ2v) is 5.30. The van der Waals surface area contributed by atoms with Crippen molar-refractivity contribution in [2.24, 2.45) is 0 Å². The quantitative estimate of drug-likeness (QED) is 0.573. The fraction of sp³-hybridized carbons (Fsp3) is 0.188. The van der Waals surface area contributed by atoms with Gasteiger partial charge in [0.15, 0.2) is 5.65 Å². The van der Waals surface area contributed by atoms with Crippen LogP contribution in [-0.4, -0.2) is 25.4 Å². The smallest absolute Gasteiger partial charge is 0.269 e. The lowest BCUT2D eigenvalue weighted by Gasteiger charge is -2.17. The highest BCUT2D eigenvalue weighted by molar-refractivity contribution is 5.94. The predicted molar refractivity (Wildman–Crippen MR) is 86.6 cm³/mol. The number of aromatic nitrogens is 3. The molecule has 0 spiro atoms. The molecule has 1 aromatic carbocycles. The average molecular weight is 325 g/mol. The number of amides is 1. The lowest BCUT2D eigenvalue weighted by atomic mass is 10.0. The van der Waals surface area contributed by atoms with E-state index >= 15 is 0 Å². The Hall–Kier alpha value is -3.29. The van der Waals surface area contributed by atoms with Crippen LogP contribution < -0.4 is 5.32 Å². The zero-order valence-corrected chi connectivity index (χ0v) is 12.9. The van der Waals surface area contributed by atoms with E-state index in [-0.39, 0.29) is 17.6 Å². The highest BCUT2D eigenvalue weighted by Crippen LogP contribution is 2.22. The van der Waals surface area contributed by atoms with E-state index in [1.165, 1.54) is 18.5 Å². The molecule has 0 saturated carbocycles. The van der Waals surface area contributed by atoms with Crippen molar-refractivity contribution in [3.8, 4) is 0 Å². The number of pyridine rings is 1. The number of non-ortho nitro benzene ring substituents is 1. The molecule has 0 bridgehead atoms. The molecule has 8 nitrogen and oxygen atoms in total. The Labute approximate surface area is 137 Å². The Kier molecular flexibility index (Phi) is 4.19. The Balaban J connectivity index is 1.82. The van der Waals surface area contributed by atoms with E-state index in [4.69, 9.17) is 0 Å². The van der Waals surface area contributed by atoms with E-state index in [1.807, 2.05) is 6.92 Å². The van der Waals surface area contributed by atoms with Gasteiger partial charge in [0.05, 0.1) is 16.5 Å². The van der Waals surface area contributed by atoms with Crippen LogP contribution in [0.4, 0.5) is 5.69 Å². The Bertz CT molecular complexity index is 905. The molecule has 3 rings (SSSR count). The number of fused-ring (bicyclic) bond motifs is 1. The summed E-state index contributed by atoms with van der Waals surface area (Å²) in [6, 6.07) is 9.36. The van der Waals surface area contributed by atoms with E-state index in [2.05, 4.69) is 15.5 Å². The SMILES string of the molecule is CCC(NC(=O)c1ccc2nncn2c1)c1cccc([N+](=O)[O-])c1. The minimum absolute atomic E-state index is 0.00566. The third kappa shape index (κ3) is 3.07. The number of carbonyl (C=O) groups excluding carboxylic acids is 1. The zero-order chi connectivity index (χ0) is 17.1. The number of rotatable bonds is 5. The summed E-state index contributed by atoms with van der Waals surface area (Å²) < 4.78 is 1.66. The normalized spacial score (nSPS) is 12.0. The molecule has 0 aliphatic rings. The molecule has 0 fully saturated rings. The number of nitrogens with zero attached hydrogens (tertiary/aromatic N) is 4. The predicted octanol–water partition coefficient (Wildman–Crippen LogP) is 2.52. The monoisotopic (exact) mass is 325 g/mol. The van der Waals surface area contributed by atoms with Gasteiger partial charge in [-0.15, -0.1) is 10.2 Å². The van der Waals surface area contributed by atoms with Crippen molar-refractivity contribution < 1.29 is 9.72 Å². The van der Waals surface area contributed by atoms with E-state index in [1.54, 1.807) is 34.9 Å². The molecule has 1 unspecified atom stereocenters. The van der Waals surface area contributed by atoms with Crippen molar-refractivity contribution in [1.82, 2.24) is 19.9 Å². The third-order valence-electron chi connectivity index (χ3n) is 3.75. The summed E-state index contributed by atoms with van der Waals surface area (Å²) in [6.07, 6.45) is 3.77. The van der Waals surface area contributed by atoms with E-state index in [0.29, 0.717) is 23.2 Å². The molecule has 3 aromatic rings. The first-order chi connectivity index (χ1) is 11.6. The molecule has 0 aliphatic carbocycles. The molecular weight excluding hydrogens is 310 g/mol. The van der Waals surface area contributed by atoms with Crippen molar-refractivity contribution in [2.75, 3.05) is 0 Å². The van der Waals surface area contributed by atoms with Crippen molar-refractivity contribution in [3.05, 3.63) is 70.2 Å². The maximum absolute atomic E-state index is 12.5. The molecule has 2 heterocycles. The first-order valence-corrected chi connectivity index (χ1v) is 7.43. The molecule has 1 atom stereocenters. The molecule has 0 radical (unpaired) electrons. The third-order valence-corrected chi connectivity index (χ3v) is 3.75. The number of nitro benzene ring substituents is 1. The van der Waals surface area contributed by atoms with Crippen molar-refractivity contribution in [2.45, 2.75) is 19.4 Å². The van der Waals surface area contributed by atoms with Gasteiger partial charge in [-0.2, -0.15) is 0 Å². The minimum Gasteiger partial charge on any atom is -0.345 e. The van der Waals surface area contributed by atoms with Crippen LogP contribution in [0.15, 0.2) is 48.9 Å². The van der Waals surface area contributed by atoms with Crippen LogP contribution in [0.1, 0.15) is 35.3 Å². The van der Waals surface area contributed by atoms with Crippen molar-refractivity contribution >= 4 is 17.2 Å². The molecule has 2 aromatic heterocycles. The average Bonchev–Trinajstić information content (AvgIpc) is 3.07. The van der Waals surface area contributed by atoms with Crippen LogP contribution in [-0.2, 0) is 0 Å². The number of benzene rings is 1. The summed E-state index contributed by atoms with van der Waals surface area (Å²) in [5.74, 6) is -0.260. The summed E-state index contributed by atoms with van der Waals surface area (Å²) in [5, 5.41) is 21.5. The highest BCUT2D eigenvalue weighted by Gasteiger charge is 2.17. The highest BCUT2D eigenvalue weighted by atomic mass is 16.6. The Morgan fingerprint density at radius 3 is 2.96 bits per heavy atom. The van der Waals surface area contributed by atoms with Crippen LogP contribution in [0.3, 0.4) is 0 Å². The minimum atomic E-state index is -0.446. The summed E-state index contributed by atoms with van der Waals surface area (Å²) in [6.45, 7) is 1.91. The van der Waals surface area contributed by atoms with Gasteiger partial charge in [-0.3, -0.25) is 19.3 Å². The first kappa shape index (κ1) is 15.6. The van der Waals surface area contributed by atoms with Crippen molar-refractivity contribution in [3.63, 3.8) is 0 Å². The number of nitro groups is 1. The summed E-state index contributed by atoms with van der Waals surface area (Å²) >= 11 is 0. The van der Waals surface area contributed by atoms with Gasteiger partial charge in [0.1, 0.15) is 6.33 Å². The summed E-state index contributed by atoms with van der Waals surface area (Å²) in [5.41, 5.74) is 1.82. The van der Waals surface area contributed by atoms with Crippen LogP contribution in [0.2, 0.25) is 0 Å². The van der Waals surface area contributed by atoms with Crippen LogP contribution in [0.5, 0.6) is 0 Å². The maximum atomic E-state index is 12.5. The lowest BCUT2D eigenvalue weighted by molar-refractivity contribution is -0.384. The fourth-order valence-corrected chi connectivity index (χ4v) is 2.48. The summed E-state index contributed by atoms with van der Waals surface area (Å²) in [7, 11) is 0. The fourth-order valence-electron chi connectivity index (χ4n) is 2.48. The lowest BCUT2D eigenvalue weighted by Crippen LogP contribution is -2.28. The van der Waals surface area contributed by atoms with Crippen LogP contribution in [0, 0.1) is 10.1 Å². The number of carbonyl (C=O) groups is 1. The molecular formula is C16H15N5O3. The van der Waals surface area contributed by atoms with Crippen molar-refractivity contribution in [1.29, 1.82) is 0 Å². The molecule has 8 heteroatoms. The number of nitrogens with one attached hydrogen (secondary N) is 1. The van der Waals surface area contributed by atoms with Crippen LogP contribution >= 0.6 is 0 Å². The van der Waals surface area contributed by atoms with Gasteiger partial charge in [-0.1, -0.05) is 19.1 Å². The largest absolute Gasteiger partial charge is 0.345 e. The Morgan fingerprint density at radius 2 is 2.21 bits per heavy atom. The van der Waals surface area contributed by atoms with Gasteiger partial charge < -0.3 is 5.32 Å². The standard InChI is InChI=1S/C16H15N5O3/c1-2-14(11-4-3-5-13(8-11)21(23)24)18-16(22)12-6-7-15-19-17-10-20(15)9-12/h3-10,14H,2H2,1H3,(H,18,22). The van der Waals surface area contributed by atoms with Gasteiger partial charge >= 0.3 is 0 Å². The van der Waals surface area contributed by atoms with Gasteiger partial charge in [0.2, 0.25) is 0 Å². The first-order valence-electron chi connectivity index (χ1n) is 7.43. The van der Waals surface area contributed by atoms with E-state index in [0.717, 1.165) is 0 Å². The number of hydrogen-bond donors (Lipinski definition) is 1. The second-order valence-electron chi connectivity index (χ2n) is 5.30.